The number of imidazole rings is 1. The Labute approximate surface area is 187 Å². The number of pyridine rings is 2. The van der Waals surface area contributed by atoms with Gasteiger partial charge in [-0.2, -0.15) is 8.80 Å². The normalized spacial score (nSPS) is 15.1. The molecule has 0 aliphatic carbocycles. The molecule has 0 spiro atoms. The maximum atomic E-state index is 2.56. The van der Waals surface area contributed by atoms with Crippen molar-refractivity contribution in [3.63, 3.8) is 0 Å². The number of hydrogen-bond acceptors (Lipinski definition) is 1. The first-order valence-corrected chi connectivity index (χ1v) is 10.4. The SMILES string of the molecule is [I-].c1ccc2c(c1)ccc1n3c(ccc4cc(N5CCCCCC5)ccc43)c[n+]21. The topological polar surface area (TPSA) is 11.8 Å². The van der Waals surface area contributed by atoms with Gasteiger partial charge >= 0.3 is 0 Å². The lowest BCUT2D eigenvalue weighted by atomic mass is 10.1. The van der Waals surface area contributed by atoms with E-state index in [9.17, 15) is 0 Å². The number of halogens is 1. The van der Waals surface area contributed by atoms with Gasteiger partial charge in [0.1, 0.15) is 17.2 Å². The van der Waals surface area contributed by atoms with Gasteiger partial charge in [0.05, 0.1) is 0 Å². The van der Waals surface area contributed by atoms with E-state index in [4.69, 9.17) is 0 Å². The molecule has 2 aromatic carbocycles. The zero-order chi connectivity index (χ0) is 18.5. The Balaban J connectivity index is 0.00000181. The van der Waals surface area contributed by atoms with Crippen LogP contribution in [0.25, 0.3) is 33.0 Å². The summed E-state index contributed by atoms with van der Waals surface area (Å²) in [5.74, 6) is 0. The maximum absolute atomic E-state index is 2.56. The molecule has 3 aromatic heterocycles. The minimum Gasteiger partial charge on any atom is -1.00 e. The first kappa shape index (κ1) is 18.7. The van der Waals surface area contributed by atoms with E-state index in [2.05, 4.69) is 86.6 Å². The van der Waals surface area contributed by atoms with Gasteiger partial charge in [0, 0.05) is 35.6 Å². The van der Waals surface area contributed by atoms with Gasteiger partial charge in [-0.15, -0.1) is 0 Å². The lowest BCUT2D eigenvalue weighted by molar-refractivity contribution is -0.479. The predicted octanol–water partition coefficient (Wildman–Crippen LogP) is 2.37. The highest BCUT2D eigenvalue weighted by Gasteiger charge is 2.17. The van der Waals surface area contributed by atoms with Gasteiger partial charge in [-0.05, 0) is 55.3 Å². The molecule has 0 unspecified atom stereocenters. The standard InChI is InChI=1S/C25H24N3.HI/c1-2-6-16-26(15-5-1)21-12-13-24-20(17-21)9-11-22-18-27-23-8-4-3-7-19(23)10-14-25(27)28(22)24;/h3-4,7-14,17-18H,1-2,5-6,15-16H2;1H/q+1;/p-1. The van der Waals surface area contributed by atoms with E-state index in [-0.39, 0.29) is 24.0 Å². The zero-order valence-electron chi connectivity index (χ0n) is 16.4. The fourth-order valence-corrected chi connectivity index (χ4v) is 4.82. The Morgan fingerprint density at radius 3 is 2.38 bits per heavy atom. The van der Waals surface area contributed by atoms with Crippen molar-refractivity contribution >= 4 is 38.7 Å². The molecule has 1 fully saturated rings. The molecule has 0 amide bonds. The lowest BCUT2D eigenvalue weighted by Gasteiger charge is -2.22. The smallest absolute Gasteiger partial charge is 0.292 e. The largest absolute Gasteiger partial charge is 1.00 e. The number of hydrogen-bond donors (Lipinski definition) is 0. The number of nitrogens with zero attached hydrogens (tertiary/aromatic N) is 3. The summed E-state index contributed by atoms with van der Waals surface area (Å²) in [4.78, 5) is 2.56. The number of fused-ring (bicyclic) bond motifs is 7. The van der Waals surface area contributed by atoms with Crippen molar-refractivity contribution in [2.75, 3.05) is 18.0 Å². The summed E-state index contributed by atoms with van der Waals surface area (Å²) in [7, 11) is 0. The second kappa shape index (κ2) is 7.48. The average molecular weight is 493 g/mol. The summed E-state index contributed by atoms with van der Waals surface area (Å²) in [6.07, 6.45) is 7.60. The average Bonchev–Trinajstić information content (AvgIpc) is 2.92. The van der Waals surface area contributed by atoms with Crippen LogP contribution in [0.4, 0.5) is 5.69 Å². The van der Waals surface area contributed by atoms with Gasteiger partial charge < -0.3 is 28.9 Å². The molecule has 4 heteroatoms. The molecule has 0 bridgehead atoms. The van der Waals surface area contributed by atoms with Crippen LogP contribution in [0, 0.1) is 0 Å². The number of para-hydroxylation sites is 1. The highest BCUT2D eigenvalue weighted by atomic mass is 127. The Bertz CT molecular complexity index is 1330. The van der Waals surface area contributed by atoms with E-state index < -0.39 is 0 Å². The van der Waals surface area contributed by atoms with Crippen LogP contribution in [0.5, 0.6) is 0 Å². The maximum Gasteiger partial charge on any atom is 0.292 e. The van der Waals surface area contributed by atoms with Gasteiger partial charge in [0.2, 0.25) is 0 Å². The minimum atomic E-state index is 0. The molecule has 1 saturated heterocycles. The Morgan fingerprint density at radius 1 is 0.724 bits per heavy atom. The minimum absolute atomic E-state index is 0. The van der Waals surface area contributed by atoms with Crippen LogP contribution >= 0.6 is 0 Å². The molecule has 146 valence electrons. The van der Waals surface area contributed by atoms with E-state index in [1.54, 1.807) is 0 Å². The highest BCUT2D eigenvalue weighted by molar-refractivity contribution is 5.88. The van der Waals surface area contributed by atoms with Gasteiger partial charge in [0.25, 0.3) is 5.65 Å². The summed E-state index contributed by atoms with van der Waals surface area (Å²) in [5.41, 5.74) is 6.32. The monoisotopic (exact) mass is 493 g/mol. The van der Waals surface area contributed by atoms with Crippen LogP contribution in [-0.2, 0) is 0 Å². The summed E-state index contributed by atoms with van der Waals surface area (Å²) >= 11 is 0. The summed E-state index contributed by atoms with van der Waals surface area (Å²) in [6, 6.07) is 24.5. The second-order valence-electron chi connectivity index (χ2n) is 7.99. The van der Waals surface area contributed by atoms with E-state index >= 15 is 0 Å². The van der Waals surface area contributed by atoms with E-state index in [1.807, 2.05) is 0 Å². The lowest BCUT2D eigenvalue weighted by Crippen LogP contribution is -3.00. The van der Waals surface area contributed by atoms with Gasteiger partial charge in [0.15, 0.2) is 5.52 Å². The van der Waals surface area contributed by atoms with Crippen molar-refractivity contribution in [1.82, 2.24) is 4.40 Å². The Hall–Kier alpha value is -2.34. The van der Waals surface area contributed by atoms with Crippen molar-refractivity contribution in [1.29, 1.82) is 0 Å². The van der Waals surface area contributed by atoms with Gasteiger partial charge in [-0.3, -0.25) is 0 Å². The molecule has 0 radical (unpaired) electrons. The predicted molar refractivity (Wildman–Crippen MR) is 116 cm³/mol. The molecule has 6 rings (SSSR count). The van der Waals surface area contributed by atoms with Crippen LogP contribution in [0.15, 0.2) is 72.9 Å². The molecule has 4 heterocycles. The zero-order valence-corrected chi connectivity index (χ0v) is 18.5. The number of aromatic nitrogens is 2. The van der Waals surface area contributed by atoms with Crippen LogP contribution in [0.1, 0.15) is 25.7 Å². The van der Waals surface area contributed by atoms with Crippen LogP contribution < -0.4 is 33.3 Å². The fraction of sp³-hybridized carbons (Fsp3) is 0.240. The second-order valence-corrected chi connectivity index (χ2v) is 7.99. The van der Waals surface area contributed by atoms with E-state index in [1.165, 1.54) is 77.4 Å². The molecule has 0 N–H and O–H groups in total. The van der Waals surface area contributed by atoms with Crippen LogP contribution in [-0.4, -0.2) is 17.5 Å². The van der Waals surface area contributed by atoms with E-state index in [0.717, 1.165) is 0 Å². The molecule has 3 nitrogen and oxygen atoms in total. The number of benzene rings is 2. The first-order valence-electron chi connectivity index (χ1n) is 10.4. The van der Waals surface area contributed by atoms with Crippen LogP contribution in [0.2, 0.25) is 0 Å². The molecular formula is C25H24IN3. The fourth-order valence-electron chi connectivity index (χ4n) is 4.82. The first-order chi connectivity index (χ1) is 13.9. The Morgan fingerprint density at radius 2 is 1.52 bits per heavy atom. The molecule has 0 atom stereocenters. The molecule has 29 heavy (non-hydrogen) atoms. The summed E-state index contributed by atoms with van der Waals surface area (Å²) in [5, 5.41) is 2.57. The third-order valence-electron chi connectivity index (χ3n) is 6.26. The van der Waals surface area contributed by atoms with Crippen molar-refractivity contribution in [2.45, 2.75) is 25.7 Å². The van der Waals surface area contributed by atoms with Gasteiger partial charge in [-0.25, -0.2) is 0 Å². The number of anilines is 1. The van der Waals surface area contributed by atoms with Crippen molar-refractivity contribution in [3.05, 3.63) is 72.9 Å². The van der Waals surface area contributed by atoms with E-state index in [0.29, 0.717) is 0 Å². The van der Waals surface area contributed by atoms with Crippen LogP contribution in [0.3, 0.4) is 0 Å². The summed E-state index contributed by atoms with van der Waals surface area (Å²) in [6.45, 7) is 2.37. The molecule has 1 aliphatic rings. The molecular weight excluding hydrogens is 469 g/mol. The van der Waals surface area contributed by atoms with Crippen molar-refractivity contribution in [2.24, 2.45) is 0 Å². The van der Waals surface area contributed by atoms with Gasteiger partial charge in [-0.1, -0.05) is 31.0 Å². The number of rotatable bonds is 1. The quantitative estimate of drug-likeness (QED) is 0.258. The third kappa shape index (κ3) is 3.05. The van der Waals surface area contributed by atoms with Crippen molar-refractivity contribution < 1.29 is 28.4 Å². The molecule has 5 aromatic rings. The molecule has 1 aliphatic heterocycles. The van der Waals surface area contributed by atoms with Crippen molar-refractivity contribution in [3.8, 4) is 0 Å². The third-order valence-corrected chi connectivity index (χ3v) is 6.26. The highest BCUT2D eigenvalue weighted by Crippen LogP contribution is 2.27. The Kier molecular flexibility index (Phi) is 4.82. The molecule has 0 saturated carbocycles. The summed E-state index contributed by atoms with van der Waals surface area (Å²) < 4.78 is 4.70.